The number of carbonyl (C=O) groups excluding carboxylic acids is 2. The van der Waals surface area contributed by atoms with Crippen molar-refractivity contribution in [3.05, 3.63) is 18.2 Å². The summed E-state index contributed by atoms with van der Waals surface area (Å²) >= 11 is 1.41. The number of fused-ring (bicyclic) bond motifs is 1. The van der Waals surface area contributed by atoms with Gasteiger partial charge in [-0.25, -0.2) is 8.42 Å². The highest BCUT2D eigenvalue weighted by molar-refractivity contribution is 8.01. The number of sulfone groups is 1. The van der Waals surface area contributed by atoms with E-state index in [-0.39, 0.29) is 34.1 Å². The Balaban J connectivity index is 1.67. The minimum absolute atomic E-state index is 0.0169. The molecule has 2 aliphatic heterocycles. The van der Waals surface area contributed by atoms with Crippen molar-refractivity contribution in [1.82, 2.24) is 4.90 Å². The molecule has 0 saturated carbocycles. The van der Waals surface area contributed by atoms with Crippen LogP contribution in [0.4, 0.5) is 5.69 Å². The smallest absolute Gasteiger partial charge is 0.237 e. The third-order valence-electron chi connectivity index (χ3n) is 5.05. The predicted molar refractivity (Wildman–Crippen MR) is 107 cm³/mol. The Bertz CT molecular complexity index is 843. The summed E-state index contributed by atoms with van der Waals surface area (Å²) < 4.78 is 25.4. The second kappa shape index (κ2) is 7.83. The molecule has 3 atom stereocenters. The molecule has 0 bridgehead atoms. The van der Waals surface area contributed by atoms with Crippen molar-refractivity contribution in [1.29, 1.82) is 0 Å². The molecule has 0 radical (unpaired) electrons. The zero-order valence-electron chi connectivity index (χ0n) is 15.9. The monoisotopic (exact) mass is 410 g/mol. The number of benzene rings is 1. The molecule has 2 amide bonds. The number of nitrogens with zero attached hydrogens (tertiary/aromatic N) is 1. The highest BCUT2D eigenvalue weighted by Gasteiger charge is 2.28. The number of piperidine rings is 1. The van der Waals surface area contributed by atoms with Gasteiger partial charge in [0.05, 0.1) is 21.6 Å². The molecule has 0 aliphatic carbocycles. The Hall–Kier alpha value is -1.54. The van der Waals surface area contributed by atoms with Crippen LogP contribution in [0.5, 0.6) is 0 Å². The lowest BCUT2D eigenvalue weighted by atomic mass is 9.92. The Morgan fingerprint density at radius 2 is 1.89 bits per heavy atom. The average Bonchev–Trinajstić information content (AvgIpc) is 2.59. The molecular formula is C19H26N2O4S2. The van der Waals surface area contributed by atoms with Crippen LogP contribution in [0.15, 0.2) is 28.0 Å². The van der Waals surface area contributed by atoms with E-state index in [9.17, 15) is 18.0 Å². The average molecular weight is 411 g/mol. The molecule has 1 fully saturated rings. The van der Waals surface area contributed by atoms with Gasteiger partial charge in [-0.15, -0.1) is 11.8 Å². The Morgan fingerprint density at radius 3 is 2.56 bits per heavy atom. The van der Waals surface area contributed by atoms with Gasteiger partial charge in [0.2, 0.25) is 11.8 Å². The lowest BCUT2D eigenvalue weighted by molar-refractivity contribution is -0.133. The van der Waals surface area contributed by atoms with E-state index >= 15 is 0 Å². The first kappa shape index (κ1) is 20.2. The Kier molecular flexibility index (Phi) is 5.86. The van der Waals surface area contributed by atoms with E-state index in [0.29, 0.717) is 30.6 Å². The minimum atomic E-state index is -3.59. The molecule has 148 valence electrons. The molecule has 8 heteroatoms. The fraction of sp³-hybridized carbons (Fsp3) is 0.579. The van der Waals surface area contributed by atoms with E-state index in [0.717, 1.165) is 11.3 Å². The minimum Gasteiger partial charge on any atom is -0.342 e. The van der Waals surface area contributed by atoms with E-state index in [1.165, 1.54) is 17.8 Å². The van der Waals surface area contributed by atoms with Crippen LogP contribution in [-0.2, 0) is 19.4 Å². The zero-order chi connectivity index (χ0) is 19.8. The number of hydrogen-bond donors (Lipinski definition) is 1. The number of hydrogen-bond acceptors (Lipinski definition) is 5. The normalized spacial score (nSPS) is 25.7. The molecule has 2 aliphatic rings. The number of anilines is 1. The Labute approximate surface area is 165 Å². The maximum atomic E-state index is 12.7. The van der Waals surface area contributed by atoms with Crippen molar-refractivity contribution < 1.29 is 18.0 Å². The largest absolute Gasteiger partial charge is 0.342 e. The van der Waals surface area contributed by atoms with Crippen molar-refractivity contribution in [3.8, 4) is 0 Å². The zero-order valence-corrected chi connectivity index (χ0v) is 17.5. The van der Waals surface area contributed by atoms with Crippen LogP contribution in [-0.4, -0.2) is 49.2 Å². The topological polar surface area (TPSA) is 83.6 Å². The first-order chi connectivity index (χ1) is 12.7. The van der Waals surface area contributed by atoms with E-state index in [2.05, 4.69) is 19.2 Å². The second-order valence-electron chi connectivity index (χ2n) is 7.72. The van der Waals surface area contributed by atoms with Crippen LogP contribution in [0.1, 0.15) is 33.6 Å². The van der Waals surface area contributed by atoms with Crippen molar-refractivity contribution >= 4 is 39.1 Å². The third-order valence-corrected chi connectivity index (χ3v) is 7.94. The molecule has 1 N–H and O–H groups in total. The van der Waals surface area contributed by atoms with E-state index < -0.39 is 9.84 Å². The lowest BCUT2D eigenvalue weighted by Gasteiger charge is -2.35. The van der Waals surface area contributed by atoms with Crippen molar-refractivity contribution in [2.24, 2.45) is 11.8 Å². The van der Waals surface area contributed by atoms with E-state index in [1.807, 2.05) is 6.92 Å². The standard InChI is InChI=1S/C19H26N2O4S2/c1-12-8-13(2)11-21(10-12)18(22)6-7-27(24,25)15-4-5-17-16(9-15)20-19(23)14(3)26-17/h4-5,9,12-14H,6-8,10-11H2,1-3H3,(H,20,23)/t12-,13-,14+/m1/s1. The van der Waals surface area contributed by atoms with Gasteiger partial charge >= 0.3 is 0 Å². The molecule has 0 spiro atoms. The fourth-order valence-corrected chi connectivity index (χ4v) is 5.93. The van der Waals surface area contributed by atoms with Crippen LogP contribution in [0, 0.1) is 11.8 Å². The molecule has 27 heavy (non-hydrogen) atoms. The van der Waals surface area contributed by atoms with Gasteiger partial charge in [-0.1, -0.05) is 13.8 Å². The summed E-state index contributed by atoms with van der Waals surface area (Å²) in [6.45, 7) is 7.44. The van der Waals surface area contributed by atoms with Gasteiger partial charge in [-0.05, 0) is 43.4 Å². The molecule has 3 rings (SSSR count). The van der Waals surface area contributed by atoms with E-state index in [4.69, 9.17) is 0 Å². The van der Waals surface area contributed by atoms with Gasteiger partial charge in [0, 0.05) is 24.4 Å². The molecule has 2 heterocycles. The lowest BCUT2D eigenvalue weighted by Crippen LogP contribution is -2.43. The fourth-order valence-electron chi connectivity index (χ4n) is 3.75. The van der Waals surface area contributed by atoms with Crippen LogP contribution < -0.4 is 5.32 Å². The molecular weight excluding hydrogens is 384 g/mol. The SMILES string of the molecule is C[C@@H]1C[C@@H](C)CN(C(=O)CCS(=O)(=O)c2ccc3c(c2)NC(=O)[C@H](C)S3)C1. The second-order valence-corrected chi connectivity index (χ2v) is 11.2. The number of likely N-dealkylation sites (tertiary alicyclic amines) is 1. The molecule has 1 saturated heterocycles. The summed E-state index contributed by atoms with van der Waals surface area (Å²) in [5, 5.41) is 2.55. The summed E-state index contributed by atoms with van der Waals surface area (Å²) in [4.78, 5) is 27.1. The van der Waals surface area contributed by atoms with Gasteiger partial charge in [-0.2, -0.15) is 0 Å². The summed E-state index contributed by atoms with van der Waals surface area (Å²) in [6.07, 6.45) is 1.08. The highest BCUT2D eigenvalue weighted by Crippen LogP contribution is 2.37. The molecule has 6 nitrogen and oxygen atoms in total. The van der Waals surface area contributed by atoms with Crippen LogP contribution in [0.2, 0.25) is 0 Å². The first-order valence-corrected chi connectivity index (χ1v) is 11.8. The predicted octanol–water partition coefficient (Wildman–Crippen LogP) is 2.79. The Morgan fingerprint density at radius 1 is 1.22 bits per heavy atom. The maximum Gasteiger partial charge on any atom is 0.237 e. The van der Waals surface area contributed by atoms with Gasteiger partial charge in [-0.3, -0.25) is 9.59 Å². The number of thioether (sulfide) groups is 1. The number of carbonyl (C=O) groups is 2. The summed E-state index contributed by atoms with van der Waals surface area (Å²) in [5.74, 6) is 0.427. The van der Waals surface area contributed by atoms with Crippen LogP contribution in [0.3, 0.4) is 0 Å². The summed E-state index contributed by atoms with van der Waals surface area (Å²) in [7, 11) is -3.59. The number of amides is 2. The highest BCUT2D eigenvalue weighted by atomic mass is 32.2. The van der Waals surface area contributed by atoms with Gasteiger partial charge in [0.1, 0.15) is 0 Å². The third kappa shape index (κ3) is 4.66. The summed E-state index contributed by atoms with van der Waals surface area (Å²) in [5.41, 5.74) is 0.522. The maximum absolute atomic E-state index is 12.7. The number of rotatable bonds is 4. The van der Waals surface area contributed by atoms with Gasteiger partial charge in [0.15, 0.2) is 9.84 Å². The quantitative estimate of drug-likeness (QED) is 0.825. The molecule has 0 aromatic heterocycles. The van der Waals surface area contributed by atoms with Gasteiger partial charge < -0.3 is 10.2 Å². The van der Waals surface area contributed by atoms with Crippen molar-refractivity contribution in [2.75, 3.05) is 24.2 Å². The molecule has 1 aromatic rings. The summed E-state index contributed by atoms with van der Waals surface area (Å²) in [6, 6.07) is 4.77. The number of nitrogens with one attached hydrogen (secondary N) is 1. The van der Waals surface area contributed by atoms with Crippen molar-refractivity contribution in [3.63, 3.8) is 0 Å². The van der Waals surface area contributed by atoms with Crippen LogP contribution in [0.25, 0.3) is 0 Å². The van der Waals surface area contributed by atoms with Gasteiger partial charge in [0.25, 0.3) is 0 Å². The van der Waals surface area contributed by atoms with Crippen molar-refractivity contribution in [2.45, 2.75) is 48.7 Å². The van der Waals surface area contributed by atoms with E-state index in [1.54, 1.807) is 17.0 Å². The van der Waals surface area contributed by atoms with Crippen LogP contribution >= 0.6 is 11.8 Å². The molecule has 1 aromatic carbocycles. The molecule has 0 unspecified atom stereocenters. The first-order valence-electron chi connectivity index (χ1n) is 9.28.